The first-order valence-corrected chi connectivity index (χ1v) is 9.16. The summed E-state index contributed by atoms with van der Waals surface area (Å²) in [6.07, 6.45) is 4.69. The number of hydrogen-bond donors (Lipinski definition) is 2. The molecular formula is C21H22N4O3. The summed E-state index contributed by atoms with van der Waals surface area (Å²) in [6.45, 7) is 3.92. The Morgan fingerprint density at radius 3 is 2.43 bits per heavy atom. The molecule has 0 radical (unpaired) electrons. The average Bonchev–Trinajstić information content (AvgIpc) is 3.12. The van der Waals surface area contributed by atoms with E-state index < -0.39 is 5.91 Å². The van der Waals surface area contributed by atoms with Gasteiger partial charge in [0, 0.05) is 35.0 Å². The van der Waals surface area contributed by atoms with Crippen LogP contribution in [0, 0.1) is 5.92 Å². The van der Waals surface area contributed by atoms with Crippen LogP contribution in [0.1, 0.15) is 37.0 Å². The van der Waals surface area contributed by atoms with E-state index >= 15 is 0 Å². The summed E-state index contributed by atoms with van der Waals surface area (Å²) in [4.78, 5) is 28.6. The highest BCUT2D eigenvalue weighted by molar-refractivity contribution is 6.05. The van der Waals surface area contributed by atoms with Crippen molar-refractivity contribution in [3.8, 4) is 22.4 Å². The number of primary amides is 1. The van der Waals surface area contributed by atoms with Crippen LogP contribution in [0.15, 0.2) is 53.3 Å². The minimum absolute atomic E-state index is 0.145. The summed E-state index contributed by atoms with van der Waals surface area (Å²) in [7, 11) is 0. The molecule has 7 nitrogen and oxygen atoms in total. The summed E-state index contributed by atoms with van der Waals surface area (Å²) < 4.78 is 5.49. The third-order valence-corrected chi connectivity index (χ3v) is 4.70. The number of hydrogen-bond acceptors (Lipinski definition) is 5. The van der Waals surface area contributed by atoms with Gasteiger partial charge in [0.05, 0.1) is 5.56 Å². The molecule has 0 aliphatic heterocycles. The fourth-order valence-corrected chi connectivity index (χ4v) is 3.12. The van der Waals surface area contributed by atoms with E-state index in [2.05, 4.69) is 15.5 Å². The van der Waals surface area contributed by atoms with Gasteiger partial charge < -0.3 is 10.3 Å². The van der Waals surface area contributed by atoms with E-state index in [1.54, 1.807) is 48.8 Å². The topological polar surface area (TPSA) is 111 Å². The maximum atomic E-state index is 12.6. The molecule has 2 amide bonds. The largest absolute Gasteiger partial charge is 0.366 e. The monoisotopic (exact) mass is 378 g/mol. The van der Waals surface area contributed by atoms with Crippen LogP contribution in [0.25, 0.3) is 22.4 Å². The standard InChI is InChI=1S/C21H22N4O3/c1-3-13(4-2)20(27)24-21-17(15-7-5-6-8-16(15)19(22)26)18(25-28-21)14-9-11-23-12-10-14/h5-13H,3-4H2,1-2H3,(H2,22,26)(H,24,27). The van der Waals surface area contributed by atoms with E-state index in [4.69, 9.17) is 10.3 Å². The number of amides is 2. The lowest BCUT2D eigenvalue weighted by Crippen LogP contribution is -2.21. The first kappa shape index (κ1) is 19.3. The quantitative estimate of drug-likeness (QED) is 0.648. The highest BCUT2D eigenvalue weighted by atomic mass is 16.5. The summed E-state index contributed by atoms with van der Waals surface area (Å²) in [6, 6.07) is 10.5. The normalized spacial score (nSPS) is 10.8. The summed E-state index contributed by atoms with van der Waals surface area (Å²) in [5, 5.41) is 6.99. The SMILES string of the molecule is CCC(CC)C(=O)Nc1onc(-c2ccncc2)c1-c1ccccc1C(N)=O. The van der Waals surface area contributed by atoms with Gasteiger partial charge in [-0.1, -0.05) is 37.2 Å². The zero-order valence-corrected chi connectivity index (χ0v) is 15.8. The Kier molecular flexibility index (Phi) is 5.84. The van der Waals surface area contributed by atoms with Gasteiger partial charge in [-0.3, -0.25) is 19.9 Å². The van der Waals surface area contributed by atoms with Crippen LogP contribution in [0.4, 0.5) is 5.88 Å². The van der Waals surface area contributed by atoms with E-state index in [-0.39, 0.29) is 17.7 Å². The third kappa shape index (κ3) is 3.78. The van der Waals surface area contributed by atoms with Crippen LogP contribution < -0.4 is 11.1 Å². The smallest absolute Gasteiger partial charge is 0.249 e. The van der Waals surface area contributed by atoms with Gasteiger partial charge in [-0.15, -0.1) is 0 Å². The number of anilines is 1. The molecule has 0 atom stereocenters. The molecule has 3 rings (SSSR count). The predicted molar refractivity (Wildman–Crippen MR) is 106 cm³/mol. The second-order valence-corrected chi connectivity index (χ2v) is 6.38. The lowest BCUT2D eigenvalue weighted by molar-refractivity contribution is -0.120. The van der Waals surface area contributed by atoms with Gasteiger partial charge in [0.25, 0.3) is 0 Å². The number of pyridine rings is 1. The molecule has 0 bridgehead atoms. The van der Waals surface area contributed by atoms with Crippen molar-refractivity contribution in [1.29, 1.82) is 0 Å². The molecule has 144 valence electrons. The van der Waals surface area contributed by atoms with Crippen LogP contribution in [-0.2, 0) is 4.79 Å². The Bertz CT molecular complexity index is 978. The summed E-state index contributed by atoms with van der Waals surface area (Å²) in [5.74, 6) is -0.680. The number of nitrogens with two attached hydrogens (primary N) is 1. The maximum Gasteiger partial charge on any atom is 0.249 e. The molecule has 0 saturated carbocycles. The lowest BCUT2D eigenvalue weighted by atomic mass is 9.96. The van der Waals surface area contributed by atoms with E-state index in [0.717, 1.165) is 5.56 Å². The predicted octanol–water partition coefficient (Wildman–Crippen LogP) is 3.88. The van der Waals surface area contributed by atoms with Crippen molar-refractivity contribution >= 4 is 17.7 Å². The average molecular weight is 378 g/mol. The molecule has 2 aromatic heterocycles. The Morgan fingerprint density at radius 2 is 1.79 bits per heavy atom. The second-order valence-electron chi connectivity index (χ2n) is 6.38. The van der Waals surface area contributed by atoms with Crippen molar-refractivity contribution in [3.05, 3.63) is 54.4 Å². The second kappa shape index (κ2) is 8.47. The number of nitrogens with zero attached hydrogens (tertiary/aromatic N) is 2. The first-order chi connectivity index (χ1) is 13.6. The minimum Gasteiger partial charge on any atom is -0.366 e. The van der Waals surface area contributed by atoms with Crippen molar-refractivity contribution in [1.82, 2.24) is 10.1 Å². The number of benzene rings is 1. The molecular weight excluding hydrogens is 356 g/mol. The van der Waals surface area contributed by atoms with Gasteiger partial charge in [0.1, 0.15) is 5.69 Å². The lowest BCUT2D eigenvalue weighted by Gasteiger charge is -2.13. The van der Waals surface area contributed by atoms with E-state index in [0.29, 0.717) is 35.2 Å². The van der Waals surface area contributed by atoms with Gasteiger partial charge in [0.15, 0.2) is 0 Å². The first-order valence-electron chi connectivity index (χ1n) is 9.16. The molecule has 2 heterocycles. The van der Waals surface area contributed by atoms with E-state index in [1.165, 1.54) is 0 Å². The Hall–Kier alpha value is -3.48. The van der Waals surface area contributed by atoms with Gasteiger partial charge >= 0.3 is 0 Å². The molecule has 0 aliphatic rings. The van der Waals surface area contributed by atoms with Crippen molar-refractivity contribution in [2.24, 2.45) is 11.7 Å². The van der Waals surface area contributed by atoms with Crippen LogP contribution >= 0.6 is 0 Å². The van der Waals surface area contributed by atoms with Crippen molar-refractivity contribution in [2.75, 3.05) is 5.32 Å². The van der Waals surface area contributed by atoms with E-state index in [1.807, 2.05) is 13.8 Å². The molecule has 7 heteroatoms. The molecule has 0 aliphatic carbocycles. The molecule has 0 saturated heterocycles. The van der Waals surface area contributed by atoms with Gasteiger partial charge in [-0.2, -0.15) is 0 Å². The number of aromatic nitrogens is 2. The number of nitrogens with one attached hydrogen (secondary N) is 1. The van der Waals surface area contributed by atoms with Crippen molar-refractivity contribution < 1.29 is 14.1 Å². The van der Waals surface area contributed by atoms with Crippen LogP contribution in [0.2, 0.25) is 0 Å². The fraction of sp³-hybridized carbons (Fsp3) is 0.238. The van der Waals surface area contributed by atoms with E-state index in [9.17, 15) is 9.59 Å². The molecule has 0 spiro atoms. The minimum atomic E-state index is -0.574. The molecule has 1 aromatic carbocycles. The van der Waals surface area contributed by atoms with Crippen LogP contribution in [0.5, 0.6) is 0 Å². The highest BCUT2D eigenvalue weighted by Crippen LogP contribution is 2.39. The summed E-state index contributed by atoms with van der Waals surface area (Å²) >= 11 is 0. The van der Waals surface area contributed by atoms with Gasteiger partial charge in [-0.05, 0) is 31.0 Å². The zero-order chi connectivity index (χ0) is 20.1. The van der Waals surface area contributed by atoms with Gasteiger partial charge in [0.2, 0.25) is 17.7 Å². The molecule has 3 aromatic rings. The number of carbonyl (C=O) groups is 2. The maximum absolute atomic E-state index is 12.6. The van der Waals surface area contributed by atoms with Gasteiger partial charge in [-0.25, -0.2) is 0 Å². The molecule has 28 heavy (non-hydrogen) atoms. The fourth-order valence-electron chi connectivity index (χ4n) is 3.12. The van der Waals surface area contributed by atoms with Crippen LogP contribution in [0.3, 0.4) is 0 Å². The Balaban J connectivity index is 2.16. The highest BCUT2D eigenvalue weighted by Gasteiger charge is 2.25. The molecule has 3 N–H and O–H groups in total. The third-order valence-electron chi connectivity index (χ3n) is 4.70. The summed E-state index contributed by atoms with van der Waals surface area (Å²) in [5.41, 5.74) is 8.18. The number of carbonyl (C=O) groups excluding carboxylic acids is 2. The Morgan fingerprint density at radius 1 is 1.11 bits per heavy atom. The molecule has 0 unspecified atom stereocenters. The molecule has 0 fully saturated rings. The zero-order valence-electron chi connectivity index (χ0n) is 15.8. The Labute approximate surface area is 162 Å². The van der Waals surface area contributed by atoms with Crippen molar-refractivity contribution in [3.63, 3.8) is 0 Å². The van der Waals surface area contributed by atoms with Crippen molar-refractivity contribution in [2.45, 2.75) is 26.7 Å². The van der Waals surface area contributed by atoms with Crippen LogP contribution in [-0.4, -0.2) is 22.0 Å². The number of rotatable bonds is 7.